The number of carbonyl (C=O) groups is 2. The van der Waals surface area contributed by atoms with E-state index >= 15 is 0 Å². The van der Waals surface area contributed by atoms with Gasteiger partial charge in [0.15, 0.2) is 17.3 Å². The summed E-state index contributed by atoms with van der Waals surface area (Å²) in [6, 6.07) is 15.3. The summed E-state index contributed by atoms with van der Waals surface area (Å²) in [7, 11) is 1.56. The number of hydrogen-bond donors (Lipinski definition) is 1. The van der Waals surface area contributed by atoms with Gasteiger partial charge in [-0.2, -0.15) is 0 Å². The second-order valence-electron chi connectivity index (χ2n) is 15.9. The molecule has 1 N–H and O–H groups in total. The molecule has 3 bridgehead atoms. The van der Waals surface area contributed by atoms with Gasteiger partial charge >= 0.3 is 5.97 Å². The number of esters is 1. The zero-order valence-electron chi connectivity index (χ0n) is 30.0. The smallest absolute Gasteiger partial charge is 0.310 e. The molecule has 2 heterocycles. The first-order valence-electron chi connectivity index (χ1n) is 17.5. The maximum absolute atomic E-state index is 13.9. The molecule has 2 aliphatic heterocycles. The van der Waals surface area contributed by atoms with Crippen LogP contribution in [0.25, 0.3) is 0 Å². The number of hydrogen-bond acceptors (Lipinski definition) is 9. The molecule has 2 aromatic carbocycles. The quantitative estimate of drug-likeness (QED) is 0.243. The maximum atomic E-state index is 13.9. The number of carbonyl (C=O) groups excluding carboxylic acids is 2. The standard InChI is InChI=1S/C41H48O9/c1-24(2)39-20-26(4)41-30(36(39)48-40(49-39,50-41)22-27-12-10-9-11-13-27)17-29(21-38(44)33(41)16-25(3)35(38)43)23-46-34(42)19-28-14-15-31(32(18-28)45-8)47-37(5,6)7/h9-18,26,30,33,36,44H,1,19-23H2,2-8H3/t26-,30+,33-,36?,38-,39-,40-,41-/m1/s1. The summed E-state index contributed by atoms with van der Waals surface area (Å²) in [5.41, 5.74) is -0.503. The second-order valence-corrected chi connectivity index (χ2v) is 15.9. The van der Waals surface area contributed by atoms with Gasteiger partial charge < -0.3 is 33.5 Å². The van der Waals surface area contributed by atoms with Crippen LogP contribution in [0.2, 0.25) is 0 Å². The molecule has 3 fully saturated rings. The highest BCUT2D eigenvalue weighted by Crippen LogP contribution is 2.68. The van der Waals surface area contributed by atoms with Crippen molar-refractivity contribution in [2.24, 2.45) is 17.8 Å². The highest BCUT2D eigenvalue weighted by atomic mass is 16.9. The Morgan fingerprint density at radius 2 is 1.80 bits per heavy atom. The van der Waals surface area contributed by atoms with E-state index in [1.165, 1.54) is 0 Å². The first kappa shape index (κ1) is 34.7. The van der Waals surface area contributed by atoms with Crippen LogP contribution in [0.5, 0.6) is 11.5 Å². The van der Waals surface area contributed by atoms with Gasteiger partial charge in [-0.1, -0.05) is 62.1 Å². The van der Waals surface area contributed by atoms with Crippen LogP contribution in [-0.4, -0.2) is 65.1 Å². The Balaban J connectivity index is 1.22. The van der Waals surface area contributed by atoms with Crippen LogP contribution in [0.4, 0.5) is 0 Å². The average molecular weight is 685 g/mol. The summed E-state index contributed by atoms with van der Waals surface area (Å²) in [6.07, 6.45) is 4.26. The molecule has 9 heteroatoms. The third-order valence-corrected chi connectivity index (χ3v) is 11.1. The molecule has 1 unspecified atom stereocenters. The number of fused-ring (bicyclic) bond motifs is 2. The first-order valence-corrected chi connectivity index (χ1v) is 17.5. The normalized spacial score (nSPS) is 35.4. The fraction of sp³-hybridized carbons (Fsp3) is 0.512. The number of Topliss-reactive ketones (excluding diaryl/α,β-unsaturated/α-hetero) is 1. The van der Waals surface area contributed by atoms with Crippen LogP contribution in [0.1, 0.15) is 65.5 Å². The van der Waals surface area contributed by atoms with Crippen molar-refractivity contribution in [3.8, 4) is 11.5 Å². The maximum Gasteiger partial charge on any atom is 0.310 e. The van der Waals surface area contributed by atoms with Crippen molar-refractivity contribution < 1.29 is 43.1 Å². The van der Waals surface area contributed by atoms with Crippen molar-refractivity contribution in [1.29, 1.82) is 0 Å². The van der Waals surface area contributed by atoms with Crippen molar-refractivity contribution in [3.63, 3.8) is 0 Å². The molecule has 8 atom stereocenters. The topological polar surface area (TPSA) is 110 Å². The third kappa shape index (κ3) is 5.45. The Labute approximate surface area is 294 Å². The summed E-state index contributed by atoms with van der Waals surface area (Å²) in [6.45, 7) is 15.9. The largest absolute Gasteiger partial charge is 0.493 e. The van der Waals surface area contributed by atoms with Crippen LogP contribution in [0.15, 0.2) is 84.0 Å². The zero-order valence-corrected chi connectivity index (χ0v) is 30.0. The van der Waals surface area contributed by atoms with Crippen LogP contribution in [0, 0.1) is 17.8 Å². The number of methoxy groups -OCH3 is 1. The lowest BCUT2D eigenvalue weighted by Crippen LogP contribution is -2.70. The van der Waals surface area contributed by atoms with E-state index in [2.05, 4.69) is 13.5 Å². The minimum absolute atomic E-state index is 0.000210. The lowest BCUT2D eigenvalue weighted by Gasteiger charge is -2.59. The summed E-state index contributed by atoms with van der Waals surface area (Å²) >= 11 is 0. The summed E-state index contributed by atoms with van der Waals surface area (Å²) in [5.74, 6) is -2.42. The van der Waals surface area contributed by atoms with Gasteiger partial charge in [-0.05, 0) is 86.9 Å². The zero-order chi connectivity index (χ0) is 35.9. The van der Waals surface area contributed by atoms with Crippen LogP contribution in [0.3, 0.4) is 0 Å². The monoisotopic (exact) mass is 684 g/mol. The minimum atomic E-state index is -1.80. The van der Waals surface area contributed by atoms with Crippen molar-refractivity contribution in [3.05, 3.63) is 95.1 Å². The molecule has 2 aromatic rings. The summed E-state index contributed by atoms with van der Waals surface area (Å²) < 4.78 is 38.4. The number of rotatable bonds is 9. The molecular formula is C41H48O9. The Kier molecular flexibility index (Phi) is 8.26. The predicted molar refractivity (Wildman–Crippen MR) is 185 cm³/mol. The molecule has 7 rings (SSSR count). The number of ketones is 1. The second kappa shape index (κ2) is 11.9. The molecule has 1 saturated carbocycles. The first-order chi connectivity index (χ1) is 23.5. The van der Waals surface area contributed by atoms with Crippen LogP contribution in [-0.2, 0) is 41.4 Å². The van der Waals surface area contributed by atoms with Gasteiger partial charge in [-0.3, -0.25) is 9.59 Å². The van der Waals surface area contributed by atoms with E-state index < -0.39 is 52.3 Å². The Morgan fingerprint density at radius 3 is 2.48 bits per heavy atom. The molecule has 0 spiro atoms. The lowest BCUT2D eigenvalue weighted by molar-refractivity contribution is -0.421. The van der Waals surface area contributed by atoms with Crippen molar-refractivity contribution in [2.75, 3.05) is 13.7 Å². The average Bonchev–Trinajstić information content (AvgIpc) is 3.35. The molecular weight excluding hydrogens is 636 g/mol. The molecule has 50 heavy (non-hydrogen) atoms. The third-order valence-electron chi connectivity index (χ3n) is 11.1. The lowest BCUT2D eigenvalue weighted by atomic mass is 9.55. The Bertz CT molecular complexity index is 1790. The van der Waals surface area contributed by atoms with E-state index in [0.29, 0.717) is 41.1 Å². The highest BCUT2D eigenvalue weighted by Gasteiger charge is 2.79. The highest BCUT2D eigenvalue weighted by molar-refractivity contribution is 6.04. The van der Waals surface area contributed by atoms with E-state index in [4.69, 9.17) is 28.4 Å². The Morgan fingerprint density at radius 1 is 1.06 bits per heavy atom. The van der Waals surface area contributed by atoms with Gasteiger partial charge in [0, 0.05) is 18.3 Å². The van der Waals surface area contributed by atoms with Gasteiger partial charge in [0.05, 0.1) is 25.6 Å². The van der Waals surface area contributed by atoms with Gasteiger partial charge in [0.25, 0.3) is 5.97 Å². The molecule has 0 aromatic heterocycles. The van der Waals surface area contributed by atoms with Crippen molar-refractivity contribution in [2.45, 2.75) is 102 Å². The van der Waals surface area contributed by atoms with Crippen molar-refractivity contribution in [1.82, 2.24) is 0 Å². The molecule has 2 saturated heterocycles. The summed E-state index contributed by atoms with van der Waals surface area (Å²) in [4.78, 5) is 27.2. The van der Waals surface area contributed by atoms with E-state index in [0.717, 1.165) is 11.1 Å². The van der Waals surface area contributed by atoms with E-state index in [1.807, 2.05) is 76.2 Å². The van der Waals surface area contributed by atoms with Crippen molar-refractivity contribution >= 4 is 11.8 Å². The van der Waals surface area contributed by atoms with Gasteiger partial charge in [-0.25, -0.2) is 0 Å². The molecule has 3 aliphatic carbocycles. The fourth-order valence-electron chi connectivity index (χ4n) is 9.12. The predicted octanol–water partition coefficient (Wildman–Crippen LogP) is 6.22. The van der Waals surface area contributed by atoms with Gasteiger partial charge in [0.2, 0.25) is 0 Å². The van der Waals surface area contributed by atoms with Gasteiger partial charge in [0.1, 0.15) is 29.5 Å². The number of ether oxygens (including phenoxy) is 6. The Hall–Kier alpha value is -3.76. The fourth-order valence-corrected chi connectivity index (χ4v) is 9.12. The molecule has 9 nitrogen and oxygen atoms in total. The minimum Gasteiger partial charge on any atom is -0.493 e. The van der Waals surface area contributed by atoms with Crippen LogP contribution >= 0.6 is 0 Å². The molecule has 0 amide bonds. The number of aliphatic hydroxyl groups is 1. The molecule has 0 radical (unpaired) electrons. The summed E-state index contributed by atoms with van der Waals surface area (Å²) in [5, 5.41) is 12.5. The SMILES string of the molecule is C=C(C)[C@]12C[C@@H](C)[C@@]34O[C@](Cc5ccccc5)(OC1[C@@H]3C=C(COC(=O)Cc1ccc(OC(C)(C)C)c(OC)c1)C[C@]1(O)C(=O)C(C)=C[C@@H]41)O2. The van der Waals surface area contributed by atoms with E-state index in [9.17, 15) is 14.7 Å². The van der Waals surface area contributed by atoms with Gasteiger partial charge in [-0.15, -0.1) is 0 Å². The number of benzene rings is 2. The molecule has 266 valence electrons. The van der Waals surface area contributed by atoms with Crippen LogP contribution < -0.4 is 9.47 Å². The van der Waals surface area contributed by atoms with E-state index in [-0.39, 0.29) is 31.1 Å². The molecule has 5 aliphatic rings. The van der Waals surface area contributed by atoms with E-state index in [1.54, 1.807) is 26.2 Å².